The molecule has 3 heteroatoms. The Morgan fingerprint density at radius 1 is 0.712 bits per heavy atom. The fourth-order valence-corrected chi connectivity index (χ4v) is 12.7. The SMILES string of the molecule is CC1=CC2=C(Bc3c(cc4c(c3\C=C3/C=CC(C)C=C/C3=C/C=C(\C)NC3=CC=C(c5ccccc5)CC3)C=CCC4)N2c2ccc(-c3ccccc3)cc2C)CC1c1cc2c(cc1C)C(C)(C)CCC2(C)C. The molecule has 11 rings (SSSR count). The Morgan fingerprint density at radius 3 is 2.14 bits per heavy atom. The van der Waals surface area contributed by atoms with Crippen molar-refractivity contribution in [1.82, 2.24) is 5.32 Å². The first-order chi connectivity index (χ1) is 35.2. The van der Waals surface area contributed by atoms with Crippen molar-refractivity contribution in [2.75, 3.05) is 4.90 Å². The maximum atomic E-state index is 3.76. The first-order valence-electron chi connectivity index (χ1n) is 27.3. The number of nitrogens with zero attached hydrogens (tertiary/aromatic N) is 1. The summed E-state index contributed by atoms with van der Waals surface area (Å²) in [5, 5.41) is 3.76. The topological polar surface area (TPSA) is 15.3 Å². The fourth-order valence-electron chi connectivity index (χ4n) is 12.7. The van der Waals surface area contributed by atoms with E-state index in [0.717, 1.165) is 45.1 Å². The Bertz CT molecular complexity index is 3350. The molecule has 0 fully saturated rings. The van der Waals surface area contributed by atoms with E-state index in [9.17, 15) is 0 Å². The van der Waals surface area contributed by atoms with Crippen LogP contribution in [0.5, 0.6) is 0 Å². The summed E-state index contributed by atoms with van der Waals surface area (Å²) in [5.41, 5.74) is 30.3. The van der Waals surface area contributed by atoms with Crippen LogP contribution in [0, 0.1) is 19.8 Å². The summed E-state index contributed by atoms with van der Waals surface area (Å²) >= 11 is 0. The van der Waals surface area contributed by atoms with E-state index in [2.05, 4.69) is 243 Å². The predicted molar refractivity (Wildman–Crippen MR) is 316 cm³/mol. The quantitative estimate of drug-likeness (QED) is 0.156. The van der Waals surface area contributed by atoms with Crippen LogP contribution < -0.4 is 15.7 Å². The van der Waals surface area contributed by atoms with Gasteiger partial charge in [0.2, 0.25) is 0 Å². The van der Waals surface area contributed by atoms with Crippen molar-refractivity contribution in [2.24, 2.45) is 5.92 Å². The molecule has 1 aliphatic heterocycles. The number of hydrogen-bond acceptors (Lipinski definition) is 2. The van der Waals surface area contributed by atoms with Crippen LogP contribution in [0.1, 0.15) is 143 Å². The normalized spacial score (nSPS) is 21.8. The number of nitrogens with one attached hydrogen (secondary N) is 1. The minimum atomic E-state index is 0.151. The van der Waals surface area contributed by atoms with Crippen molar-refractivity contribution in [3.05, 3.63) is 247 Å². The zero-order valence-corrected chi connectivity index (χ0v) is 44.9. The number of aryl methyl sites for hydroxylation is 3. The number of fused-ring (bicyclic) bond motifs is 3. The first kappa shape index (κ1) is 48.4. The van der Waals surface area contributed by atoms with Crippen LogP contribution >= 0.6 is 0 Å². The molecule has 0 saturated heterocycles. The molecule has 5 aliphatic carbocycles. The molecule has 1 heterocycles. The van der Waals surface area contributed by atoms with Gasteiger partial charge in [-0.15, -0.1) is 0 Å². The van der Waals surface area contributed by atoms with E-state index in [4.69, 9.17) is 0 Å². The highest BCUT2D eigenvalue weighted by molar-refractivity contribution is 6.65. The third-order valence-electron chi connectivity index (χ3n) is 17.2. The summed E-state index contributed by atoms with van der Waals surface area (Å²) < 4.78 is 0. The van der Waals surface area contributed by atoms with Gasteiger partial charge in [0.25, 0.3) is 0 Å². The molecule has 1 N–H and O–H groups in total. The van der Waals surface area contributed by atoms with Crippen molar-refractivity contribution in [3.8, 4) is 11.1 Å². The Morgan fingerprint density at radius 2 is 1.42 bits per heavy atom. The Kier molecular flexibility index (Phi) is 13.0. The minimum absolute atomic E-state index is 0.151. The molecule has 0 bridgehead atoms. The second-order valence-electron chi connectivity index (χ2n) is 23.4. The van der Waals surface area contributed by atoms with Crippen molar-refractivity contribution >= 4 is 41.8 Å². The molecule has 0 radical (unpaired) electrons. The molecule has 366 valence electrons. The molecule has 0 amide bonds. The van der Waals surface area contributed by atoms with Crippen molar-refractivity contribution in [1.29, 1.82) is 0 Å². The molecular formula is C70H73BN2. The monoisotopic (exact) mass is 953 g/mol. The maximum absolute atomic E-state index is 3.76. The molecule has 0 aromatic heterocycles. The maximum Gasteiger partial charge on any atom is 0.193 e. The molecule has 73 heavy (non-hydrogen) atoms. The van der Waals surface area contributed by atoms with Gasteiger partial charge < -0.3 is 10.2 Å². The van der Waals surface area contributed by atoms with Gasteiger partial charge in [0.05, 0.1) is 0 Å². The Labute approximate surface area is 438 Å². The second kappa shape index (κ2) is 19.5. The summed E-state index contributed by atoms with van der Waals surface area (Å²) in [5.74, 6) is 0.645. The lowest BCUT2D eigenvalue weighted by molar-refractivity contribution is 0.331. The van der Waals surface area contributed by atoms with Crippen LogP contribution in [0.15, 0.2) is 197 Å². The standard InChI is InChI=1S/C70H73BN2/c1-45-24-27-53(29-26-49(5)72-57-33-30-52(31-34-57)50-18-12-10-13-19-50)55(28-25-45)41-61-58-23-17-16-22-56(58)42-67-68(61)71-64-44-60(59-43-63-62(39-46(59)2)69(6,7)36-37-70(63,8)9)47(3)40-66(64)73(67)65-35-32-54(38-48(65)4)51-20-14-11-15-21-51/h10-15,17-21,23-30,32-33,35,38-43,45,60,71-72H,16,22,31,34,36-37,44H2,1-9H3/b49-26+,53-29-,55-41+. The van der Waals surface area contributed by atoms with Gasteiger partial charge in [0.15, 0.2) is 7.28 Å². The van der Waals surface area contributed by atoms with E-state index >= 15 is 0 Å². The average molecular weight is 953 g/mol. The van der Waals surface area contributed by atoms with Gasteiger partial charge >= 0.3 is 0 Å². The van der Waals surface area contributed by atoms with E-state index in [0.29, 0.717) is 11.8 Å². The zero-order chi connectivity index (χ0) is 50.6. The smallest absolute Gasteiger partial charge is 0.193 e. The van der Waals surface area contributed by atoms with Gasteiger partial charge in [0.1, 0.15) is 0 Å². The van der Waals surface area contributed by atoms with Crippen LogP contribution in [-0.4, -0.2) is 7.28 Å². The summed E-state index contributed by atoms with van der Waals surface area (Å²) in [6.45, 7) is 21.4. The van der Waals surface area contributed by atoms with Crippen LogP contribution in [0.3, 0.4) is 0 Å². The summed E-state index contributed by atoms with van der Waals surface area (Å²) in [6, 6.07) is 36.6. The second-order valence-corrected chi connectivity index (χ2v) is 23.4. The molecule has 6 aliphatic rings. The molecule has 2 atom stereocenters. The first-order valence-corrected chi connectivity index (χ1v) is 27.3. The van der Waals surface area contributed by atoms with Gasteiger partial charge in [0, 0.05) is 34.4 Å². The Hall–Kier alpha value is -6.84. The van der Waals surface area contributed by atoms with Crippen molar-refractivity contribution in [2.45, 2.75) is 124 Å². The van der Waals surface area contributed by atoms with Gasteiger partial charge in [-0.25, -0.2) is 0 Å². The van der Waals surface area contributed by atoms with E-state index in [1.54, 1.807) is 11.1 Å². The lowest BCUT2D eigenvalue weighted by Gasteiger charge is -2.43. The summed E-state index contributed by atoms with van der Waals surface area (Å²) in [6.07, 6.45) is 36.1. The van der Waals surface area contributed by atoms with Crippen LogP contribution in [0.25, 0.3) is 28.9 Å². The Balaban J connectivity index is 1.03. The third-order valence-corrected chi connectivity index (χ3v) is 17.2. The highest BCUT2D eigenvalue weighted by Crippen LogP contribution is 2.51. The van der Waals surface area contributed by atoms with Crippen LogP contribution in [0.2, 0.25) is 0 Å². The van der Waals surface area contributed by atoms with Gasteiger partial charge in [-0.3, -0.25) is 0 Å². The number of rotatable bonds is 8. The largest absolute Gasteiger partial charge is 0.362 e. The fraction of sp³-hybridized carbons (Fsp3) is 0.286. The molecule has 2 nitrogen and oxygen atoms in total. The molecule has 5 aromatic rings. The summed E-state index contributed by atoms with van der Waals surface area (Å²) in [4.78, 5) is 2.67. The molecule has 2 unspecified atom stereocenters. The van der Waals surface area contributed by atoms with Crippen molar-refractivity contribution < 1.29 is 0 Å². The van der Waals surface area contributed by atoms with Gasteiger partial charge in [-0.2, -0.15) is 0 Å². The van der Waals surface area contributed by atoms with Crippen molar-refractivity contribution in [3.63, 3.8) is 0 Å². The molecule has 0 saturated carbocycles. The highest BCUT2D eigenvalue weighted by Gasteiger charge is 2.40. The zero-order valence-electron chi connectivity index (χ0n) is 44.9. The van der Waals surface area contributed by atoms with E-state index < -0.39 is 0 Å². The number of benzene rings is 5. The average Bonchev–Trinajstić information content (AvgIpc) is 3.57. The third kappa shape index (κ3) is 9.53. The number of allylic oxidation sites excluding steroid dienone is 17. The lowest BCUT2D eigenvalue weighted by Crippen LogP contribution is -2.39. The van der Waals surface area contributed by atoms with Crippen LogP contribution in [-0.2, 0) is 17.3 Å². The number of hydrogen-bond donors (Lipinski definition) is 1. The molecule has 5 aromatic carbocycles. The molecule has 0 spiro atoms. The lowest BCUT2D eigenvalue weighted by atomic mass is 9.53. The summed E-state index contributed by atoms with van der Waals surface area (Å²) in [7, 11) is 0.915. The van der Waals surface area contributed by atoms with E-state index in [-0.39, 0.29) is 10.8 Å². The molecular weight excluding hydrogens is 880 g/mol. The van der Waals surface area contributed by atoms with Gasteiger partial charge in [-0.05, 0) is 215 Å². The van der Waals surface area contributed by atoms with Crippen LogP contribution in [0.4, 0.5) is 11.4 Å². The number of anilines is 2. The van der Waals surface area contributed by atoms with E-state index in [1.165, 1.54) is 119 Å². The van der Waals surface area contributed by atoms with E-state index in [1.807, 2.05) is 0 Å². The van der Waals surface area contributed by atoms with Gasteiger partial charge in [-0.1, -0.05) is 173 Å². The highest BCUT2D eigenvalue weighted by atomic mass is 15.2. The minimum Gasteiger partial charge on any atom is -0.362 e. The predicted octanol–water partition coefficient (Wildman–Crippen LogP) is 17.2.